The maximum absolute atomic E-state index is 11.8. The van der Waals surface area contributed by atoms with E-state index in [0.717, 1.165) is 4.90 Å². The summed E-state index contributed by atoms with van der Waals surface area (Å²) >= 11 is 7.38. The minimum Gasteiger partial charge on any atom is -0.391 e. The number of benzene rings is 1. The van der Waals surface area contributed by atoms with Gasteiger partial charge >= 0.3 is 0 Å². The number of halogens is 1. The van der Waals surface area contributed by atoms with Gasteiger partial charge in [0.2, 0.25) is 5.91 Å². The zero-order valence-electron chi connectivity index (χ0n) is 10.7. The molecule has 0 fully saturated rings. The third-order valence-corrected chi connectivity index (χ3v) is 4.22. The Morgan fingerprint density at radius 3 is 2.67 bits per heavy atom. The fourth-order valence-electron chi connectivity index (χ4n) is 1.20. The summed E-state index contributed by atoms with van der Waals surface area (Å²) in [4.78, 5) is 12.6. The molecule has 18 heavy (non-hydrogen) atoms. The third-order valence-electron chi connectivity index (χ3n) is 2.70. The van der Waals surface area contributed by atoms with Crippen LogP contribution in [-0.4, -0.2) is 28.4 Å². The summed E-state index contributed by atoms with van der Waals surface area (Å²) in [5.74, 6) is 0.158. The van der Waals surface area contributed by atoms with E-state index in [1.807, 2.05) is 18.2 Å². The van der Waals surface area contributed by atoms with Gasteiger partial charge in [-0.1, -0.05) is 23.7 Å². The molecule has 1 amide bonds. The largest absolute Gasteiger partial charge is 0.391 e. The molecule has 1 atom stereocenters. The van der Waals surface area contributed by atoms with Gasteiger partial charge in [-0.2, -0.15) is 0 Å². The van der Waals surface area contributed by atoms with Crippen LogP contribution < -0.4 is 5.32 Å². The van der Waals surface area contributed by atoms with Crippen molar-refractivity contribution in [3.8, 4) is 0 Å². The topological polar surface area (TPSA) is 49.3 Å². The number of rotatable bonds is 5. The van der Waals surface area contributed by atoms with Crippen molar-refractivity contribution in [1.29, 1.82) is 0 Å². The predicted molar refractivity (Wildman–Crippen MR) is 76.1 cm³/mol. The molecule has 0 bridgehead atoms. The molecule has 0 spiro atoms. The third kappa shape index (κ3) is 4.52. The van der Waals surface area contributed by atoms with E-state index in [1.165, 1.54) is 11.8 Å². The molecule has 1 aromatic rings. The lowest BCUT2D eigenvalue weighted by Gasteiger charge is -2.29. The lowest BCUT2D eigenvalue weighted by molar-refractivity contribution is -0.121. The van der Waals surface area contributed by atoms with E-state index in [0.29, 0.717) is 5.02 Å². The fourth-order valence-corrected chi connectivity index (χ4v) is 2.24. The molecule has 5 heteroatoms. The molecule has 0 saturated heterocycles. The number of aliphatic hydroxyl groups is 1. The van der Waals surface area contributed by atoms with Gasteiger partial charge < -0.3 is 10.4 Å². The first kappa shape index (κ1) is 15.3. The van der Waals surface area contributed by atoms with Crippen LogP contribution in [0.25, 0.3) is 0 Å². The number of carbonyl (C=O) groups is 1. The highest BCUT2D eigenvalue weighted by Gasteiger charge is 2.25. The van der Waals surface area contributed by atoms with E-state index in [1.54, 1.807) is 26.8 Å². The molecule has 0 aliphatic rings. The second-order valence-corrected chi connectivity index (χ2v) is 6.09. The number of nitrogens with one attached hydrogen (secondary N) is 1. The van der Waals surface area contributed by atoms with Crippen LogP contribution in [0, 0.1) is 0 Å². The van der Waals surface area contributed by atoms with Crippen LogP contribution in [0.4, 0.5) is 0 Å². The van der Waals surface area contributed by atoms with Crippen LogP contribution in [-0.2, 0) is 4.79 Å². The maximum atomic E-state index is 11.8. The van der Waals surface area contributed by atoms with Gasteiger partial charge in [-0.25, -0.2) is 0 Å². The Kier molecular flexibility index (Phi) is 5.50. The highest BCUT2D eigenvalue weighted by atomic mass is 35.5. The average Bonchev–Trinajstić information content (AvgIpc) is 2.27. The van der Waals surface area contributed by atoms with E-state index in [9.17, 15) is 9.90 Å². The standard InChI is InChI=1S/C13H18ClNO2S/c1-9(16)13(2,3)15-12(17)8-18-11-7-5-4-6-10(11)14/h4-7,9,16H,8H2,1-3H3,(H,15,17). The molecular weight excluding hydrogens is 270 g/mol. The molecule has 0 aliphatic carbocycles. The molecule has 1 rings (SSSR count). The second kappa shape index (κ2) is 6.45. The number of aliphatic hydroxyl groups excluding tert-OH is 1. The minimum atomic E-state index is -0.627. The van der Waals surface area contributed by atoms with E-state index < -0.39 is 11.6 Å². The van der Waals surface area contributed by atoms with Gasteiger partial charge in [0, 0.05) is 4.90 Å². The van der Waals surface area contributed by atoms with E-state index in [4.69, 9.17) is 11.6 Å². The Balaban J connectivity index is 2.50. The molecule has 2 N–H and O–H groups in total. The lowest BCUT2D eigenvalue weighted by Crippen LogP contribution is -2.51. The Bertz CT molecular complexity index is 421. The number of hydrogen-bond acceptors (Lipinski definition) is 3. The first-order valence-corrected chi connectivity index (χ1v) is 7.05. The van der Waals surface area contributed by atoms with E-state index in [2.05, 4.69) is 5.32 Å². The summed E-state index contributed by atoms with van der Waals surface area (Å²) in [6.07, 6.45) is -0.605. The van der Waals surface area contributed by atoms with Crippen molar-refractivity contribution in [3.05, 3.63) is 29.3 Å². The summed E-state index contributed by atoms with van der Waals surface area (Å²) in [5.41, 5.74) is -0.627. The van der Waals surface area contributed by atoms with Gasteiger partial charge in [0.1, 0.15) is 0 Å². The number of amides is 1. The molecule has 3 nitrogen and oxygen atoms in total. The minimum absolute atomic E-state index is 0.120. The molecule has 0 aliphatic heterocycles. The van der Waals surface area contributed by atoms with Crippen molar-refractivity contribution in [2.75, 3.05) is 5.75 Å². The van der Waals surface area contributed by atoms with Gasteiger partial charge in [-0.15, -0.1) is 11.8 Å². The van der Waals surface area contributed by atoms with Crippen molar-refractivity contribution < 1.29 is 9.90 Å². The zero-order valence-corrected chi connectivity index (χ0v) is 12.3. The van der Waals surface area contributed by atoms with Crippen LogP contribution in [0.2, 0.25) is 5.02 Å². The highest BCUT2D eigenvalue weighted by Crippen LogP contribution is 2.26. The molecule has 0 radical (unpaired) electrons. The Morgan fingerprint density at radius 1 is 1.50 bits per heavy atom. The Hall–Kier alpha value is -0.710. The van der Waals surface area contributed by atoms with E-state index >= 15 is 0 Å². The van der Waals surface area contributed by atoms with Crippen molar-refractivity contribution in [2.24, 2.45) is 0 Å². The van der Waals surface area contributed by atoms with Gasteiger partial charge in [0.25, 0.3) is 0 Å². The fraction of sp³-hybridized carbons (Fsp3) is 0.462. The summed E-state index contributed by atoms with van der Waals surface area (Å²) in [6.45, 7) is 5.23. The number of thioether (sulfide) groups is 1. The molecule has 0 saturated carbocycles. The van der Waals surface area contributed by atoms with Crippen molar-refractivity contribution in [2.45, 2.75) is 37.3 Å². The Morgan fingerprint density at radius 2 is 2.11 bits per heavy atom. The molecule has 0 heterocycles. The van der Waals surface area contributed by atoms with Crippen LogP contribution in [0.1, 0.15) is 20.8 Å². The van der Waals surface area contributed by atoms with Crippen LogP contribution >= 0.6 is 23.4 Å². The molecule has 0 aromatic heterocycles. The zero-order chi connectivity index (χ0) is 13.8. The van der Waals surface area contributed by atoms with E-state index in [-0.39, 0.29) is 11.7 Å². The van der Waals surface area contributed by atoms with Crippen LogP contribution in [0.15, 0.2) is 29.2 Å². The first-order valence-electron chi connectivity index (χ1n) is 5.69. The quantitative estimate of drug-likeness (QED) is 0.819. The molecular formula is C13H18ClNO2S. The lowest BCUT2D eigenvalue weighted by atomic mass is 9.99. The van der Waals surface area contributed by atoms with Gasteiger partial charge in [0.15, 0.2) is 0 Å². The van der Waals surface area contributed by atoms with Crippen molar-refractivity contribution in [3.63, 3.8) is 0 Å². The number of hydrogen-bond donors (Lipinski definition) is 2. The maximum Gasteiger partial charge on any atom is 0.230 e. The predicted octanol–water partition coefficient (Wildman–Crippen LogP) is 2.71. The highest BCUT2D eigenvalue weighted by molar-refractivity contribution is 8.00. The van der Waals surface area contributed by atoms with Crippen LogP contribution in [0.5, 0.6) is 0 Å². The normalized spacial score (nSPS) is 13.2. The molecule has 1 unspecified atom stereocenters. The smallest absolute Gasteiger partial charge is 0.230 e. The Labute approximate surface area is 117 Å². The first-order chi connectivity index (χ1) is 8.33. The van der Waals surface area contributed by atoms with Gasteiger partial charge in [-0.3, -0.25) is 4.79 Å². The van der Waals surface area contributed by atoms with Crippen molar-refractivity contribution >= 4 is 29.3 Å². The SMILES string of the molecule is CC(O)C(C)(C)NC(=O)CSc1ccccc1Cl. The molecule has 100 valence electrons. The summed E-state index contributed by atoms with van der Waals surface area (Å²) in [5, 5.41) is 13.0. The average molecular weight is 288 g/mol. The van der Waals surface area contributed by atoms with Gasteiger partial charge in [-0.05, 0) is 32.9 Å². The summed E-state index contributed by atoms with van der Waals surface area (Å²) in [7, 11) is 0. The second-order valence-electron chi connectivity index (χ2n) is 4.66. The molecule has 1 aromatic carbocycles. The monoisotopic (exact) mass is 287 g/mol. The summed E-state index contributed by atoms with van der Waals surface area (Å²) in [6, 6.07) is 7.40. The van der Waals surface area contributed by atoms with Crippen LogP contribution in [0.3, 0.4) is 0 Å². The summed E-state index contributed by atoms with van der Waals surface area (Å²) < 4.78 is 0. The van der Waals surface area contributed by atoms with Gasteiger partial charge in [0.05, 0.1) is 22.4 Å². The van der Waals surface area contributed by atoms with Crippen molar-refractivity contribution in [1.82, 2.24) is 5.32 Å². The number of carbonyl (C=O) groups excluding carboxylic acids is 1.